The average molecular weight is 503 g/mol. The number of hydrogen-bond donors (Lipinski definition) is 2. The highest BCUT2D eigenvalue weighted by molar-refractivity contribution is 7.22. The van der Waals surface area contributed by atoms with E-state index in [4.69, 9.17) is 9.72 Å². The first-order valence-electron chi connectivity index (χ1n) is 12.1. The SMILES string of the molecule is CC(C)(C)OC(=O)N[C@H]1CCCN(c2ccncc2Nc2nccc3nc(-c4ccccc4)sc23)C1. The zero-order valence-electron chi connectivity index (χ0n) is 20.7. The minimum absolute atomic E-state index is 0.00565. The zero-order valence-corrected chi connectivity index (χ0v) is 21.5. The van der Waals surface area contributed by atoms with Crippen LogP contribution in [-0.4, -0.2) is 45.8 Å². The van der Waals surface area contributed by atoms with Gasteiger partial charge in [-0.15, -0.1) is 11.3 Å². The molecule has 5 rings (SSSR count). The predicted octanol–water partition coefficient (Wildman–Crippen LogP) is 5.99. The number of carbonyl (C=O) groups is 1. The van der Waals surface area contributed by atoms with Gasteiger partial charge in [0.25, 0.3) is 0 Å². The van der Waals surface area contributed by atoms with E-state index in [1.54, 1.807) is 23.7 Å². The van der Waals surface area contributed by atoms with Gasteiger partial charge in [-0.25, -0.2) is 14.8 Å². The fraction of sp³-hybridized carbons (Fsp3) is 0.333. The van der Waals surface area contributed by atoms with Crippen molar-refractivity contribution in [1.82, 2.24) is 20.3 Å². The average Bonchev–Trinajstić information content (AvgIpc) is 3.29. The molecule has 1 aliphatic heterocycles. The quantitative estimate of drug-likeness (QED) is 0.346. The number of nitrogens with one attached hydrogen (secondary N) is 2. The summed E-state index contributed by atoms with van der Waals surface area (Å²) < 4.78 is 6.45. The molecule has 2 N–H and O–H groups in total. The third-order valence-electron chi connectivity index (χ3n) is 5.86. The molecule has 3 aromatic heterocycles. The van der Waals surface area contributed by atoms with Crippen molar-refractivity contribution in [1.29, 1.82) is 0 Å². The standard InChI is InChI=1S/C27H30N6O2S/c1-27(2,3)35-26(34)30-19-10-7-15-33(17-19)22-12-13-28-16-21(22)31-24-23-20(11-14-29-24)32-25(36-23)18-8-5-4-6-9-18/h4-6,8-9,11-14,16,19H,7,10,15,17H2,1-3H3,(H,29,31)(H,30,34)/t19-/m0/s1. The van der Waals surface area contributed by atoms with Gasteiger partial charge >= 0.3 is 6.09 Å². The Labute approximate surface area is 214 Å². The fourth-order valence-corrected chi connectivity index (χ4v) is 5.33. The number of thiazole rings is 1. The van der Waals surface area contributed by atoms with Crippen LogP contribution in [0.4, 0.5) is 22.0 Å². The van der Waals surface area contributed by atoms with Gasteiger partial charge < -0.3 is 20.3 Å². The maximum absolute atomic E-state index is 12.3. The van der Waals surface area contributed by atoms with Gasteiger partial charge in [0.15, 0.2) is 0 Å². The van der Waals surface area contributed by atoms with E-state index in [1.165, 1.54) is 0 Å². The molecule has 1 amide bonds. The number of carbonyl (C=O) groups excluding carboxylic acids is 1. The van der Waals surface area contributed by atoms with Gasteiger partial charge in [0, 0.05) is 37.1 Å². The number of rotatable bonds is 5. The molecule has 0 bridgehead atoms. The third kappa shape index (κ3) is 5.57. The molecule has 8 nitrogen and oxygen atoms in total. The van der Waals surface area contributed by atoms with Gasteiger partial charge in [0.2, 0.25) is 0 Å². The monoisotopic (exact) mass is 502 g/mol. The van der Waals surface area contributed by atoms with E-state index < -0.39 is 5.60 Å². The number of benzene rings is 1. The lowest BCUT2D eigenvalue weighted by Gasteiger charge is -2.36. The van der Waals surface area contributed by atoms with Crippen LogP contribution in [0.3, 0.4) is 0 Å². The number of fused-ring (bicyclic) bond motifs is 1. The van der Waals surface area contributed by atoms with Gasteiger partial charge in [0.05, 0.1) is 27.8 Å². The summed E-state index contributed by atoms with van der Waals surface area (Å²) in [7, 11) is 0. The Morgan fingerprint density at radius 2 is 1.97 bits per heavy atom. The zero-order chi connectivity index (χ0) is 25.1. The van der Waals surface area contributed by atoms with Crippen LogP contribution in [0.15, 0.2) is 61.1 Å². The molecule has 0 radical (unpaired) electrons. The van der Waals surface area contributed by atoms with Crippen molar-refractivity contribution in [2.45, 2.75) is 45.3 Å². The first-order chi connectivity index (χ1) is 17.4. The van der Waals surface area contributed by atoms with Crippen molar-refractivity contribution in [3.8, 4) is 10.6 Å². The summed E-state index contributed by atoms with van der Waals surface area (Å²) in [6, 6.07) is 14.1. The summed E-state index contributed by atoms with van der Waals surface area (Å²) in [5.41, 5.74) is 3.35. The molecule has 4 aromatic rings. The molecule has 1 aliphatic rings. The molecule has 4 heterocycles. The third-order valence-corrected chi connectivity index (χ3v) is 6.99. The topological polar surface area (TPSA) is 92.3 Å². The number of alkyl carbamates (subject to hydrolysis) is 1. The molecule has 0 aliphatic carbocycles. The van der Waals surface area contributed by atoms with Gasteiger partial charge in [0.1, 0.15) is 16.4 Å². The van der Waals surface area contributed by atoms with Crippen molar-refractivity contribution >= 4 is 44.8 Å². The van der Waals surface area contributed by atoms with Gasteiger partial charge in [-0.3, -0.25) is 4.98 Å². The van der Waals surface area contributed by atoms with E-state index in [0.717, 1.165) is 57.4 Å². The highest BCUT2D eigenvalue weighted by Gasteiger charge is 2.26. The van der Waals surface area contributed by atoms with E-state index in [9.17, 15) is 4.79 Å². The first-order valence-corrected chi connectivity index (χ1v) is 12.9. The van der Waals surface area contributed by atoms with Crippen LogP contribution >= 0.6 is 11.3 Å². The lowest BCUT2D eigenvalue weighted by molar-refractivity contribution is 0.0500. The van der Waals surface area contributed by atoms with Crippen LogP contribution in [0.25, 0.3) is 20.8 Å². The minimum atomic E-state index is -0.522. The molecule has 1 aromatic carbocycles. The molecule has 0 unspecified atom stereocenters. The lowest BCUT2D eigenvalue weighted by atomic mass is 10.0. The molecule has 186 valence electrons. The molecular formula is C27H30N6O2S. The highest BCUT2D eigenvalue weighted by Crippen LogP contribution is 2.36. The summed E-state index contributed by atoms with van der Waals surface area (Å²) in [6.45, 7) is 7.19. The molecule has 1 fully saturated rings. The van der Waals surface area contributed by atoms with Crippen molar-refractivity contribution < 1.29 is 9.53 Å². The van der Waals surface area contributed by atoms with E-state index in [-0.39, 0.29) is 12.1 Å². The van der Waals surface area contributed by atoms with Gasteiger partial charge in [-0.05, 0) is 45.7 Å². The van der Waals surface area contributed by atoms with E-state index in [0.29, 0.717) is 6.54 Å². The Morgan fingerprint density at radius 3 is 2.78 bits per heavy atom. The van der Waals surface area contributed by atoms with Crippen molar-refractivity contribution in [3.63, 3.8) is 0 Å². The Bertz CT molecular complexity index is 1350. The number of piperidine rings is 1. The number of amides is 1. The smallest absolute Gasteiger partial charge is 0.407 e. The Balaban J connectivity index is 1.37. The number of anilines is 3. The highest BCUT2D eigenvalue weighted by atomic mass is 32.1. The van der Waals surface area contributed by atoms with Crippen LogP contribution in [0.2, 0.25) is 0 Å². The molecule has 0 saturated carbocycles. The van der Waals surface area contributed by atoms with Crippen LogP contribution in [0, 0.1) is 0 Å². The minimum Gasteiger partial charge on any atom is -0.444 e. The maximum atomic E-state index is 12.3. The lowest BCUT2D eigenvalue weighted by Crippen LogP contribution is -2.49. The molecule has 36 heavy (non-hydrogen) atoms. The number of nitrogens with zero attached hydrogens (tertiary/aromatic N) is 4. The van der Waals surface area contributed by atoms with Crippen LogP contribution in [0.1, 0.15) is 33.6 Å². The van der Waals surface area contributed by atoms with Crippen molar-refractivity contribution in [2.75, 3.05) is 23.3 Å². The molecule has 0 spiro atoms. The van der Waals surface area contributed by atoms with E-state index in [2.05, 4.69) is 37.6 Å². The van der Waals surface area contributed by atoms with E-state index in [1.807, 2.05) is 57.3 Å². The number of aromatic nitrogens is 3. The van der Waals surface area contributed by atoms with E-state index >= 15 is 0 Å². The predicted molar refractivity (Wildman–Crippen MR) is 145 cm³/mol. The Hall–Kier alpha value is -3.72. The van der Waals surface area contributed by atoms with Crippen LogP contribution in [-0.2, 0) is 4.74 Å². The maximum Gasteiger partial charge on any atom is 0.407 e. The van der Waals surface area contributed by atoms with Crippen molar-refractivity contribution in [2.24, 2.45) is 0 Å². The molecule has 9 heteroatoms. The molecule has 1 atom stereocenters. The Kier molecular flexibility index (Phi) is 6.73. The van der Waals surface area contributed by atoms with Crippen molar-refractivity contribution in [3.05, 3.63) is 61.1 Å². The second-order valence-electron chi connectivity index (χ2n) is 9.84. The van der Waals surface area contributed by atoms with Gasteiger partial charge in [-0.1, -0.05) is 30.3 Å². The van der Waals surface area contributed by atoms with Gasteiger partial charge in [-0.2, -0.15) is 0 Å². The first kappa shape index (κ1) is 24.0. The summed E-state index contributed by atoms with van der Waals surface area (Å²) in [6.07, 6.45) is 6.88. The summed E-state index contributed by atoms with van der Waals surface area (Å²) in [5.74, 6) is 0.752. The summed E-state index contributed by atoms with van der Waals surface area (Å²) in [4.78, 5) is 28.4. The largest absolute Gasteiger partial charge is 0.444 e. The number of hydrogen-bond acceptors (Lipinski definition) is 8. The van der Waals surface area contributed by atoms with Crippen LogP contribution in [0.5, 0.6) is 0 Å². The molecular weight excluding hydrogens is 472 g/mol. The number of ether oxygens (including phenoxy) is 1. The molecule has 1 saturated heterocycles. The normalized spacial score (nSPS) is 16.1. The fourth-order valence-electron chi connectivity index (χ4n) is 4.32. The number of pyridine rings is 2. The summed E-state index contributed by atoms with van der Waals surface area (Å²) >= 11 is 1.62. The summed E-state index contributed by atoms with van der Waals surface area (Å²) in [5, 5.41) is 7.49. The second-order valence-corrected chi connectivity index (χ2v) is 10.8. The second kappa shape index (κ2) is 10.1. The Morgan fingerprint density at radius 1 is 1.14 bits per heavy atom. The van der Waals surface area contributed by atoms with Crippen LogP contribution < -0.4 is 15.5 Å².